The van der Waals surface area contributed by atoms with E-state index in [4.69, 9.17) is 9.72 Å². The van der Waals surface area contributed by atoms with Crippen LogP contribution in [0.1, 0.15) is 42.5 Å². The van der Waals surface area contributed by atoms with E-state index in [0.29, 0.717) is 5.88 Å². The molecule has 0 unspecified atom stereocenters. The quantitative estimate of drug-likeness (QED) is 0.710. The van der Waals surface area contributed by atoms with Crippen molar-refractivity contribution in [3.05, 3.63) is 53.4 Å². The van der Waals surface area contributed by atoms with Crippen LogP contribution in [0.25, 0.3) is 6.08 Å². The molecule has 0 amide bonds. The summed E-state index contributed by atoms with van der Waals surface area (Å²) in [7, 11) is 1.60. The van der Waals surface area contributed by atoms with Crippen molar-refractivity contribution in [1.29, 1.82) is 0 Å². The van der Waals surface area contributed by atoms with Gasteiger partial charge in [-0.3, -0.25) is 0 Å². The molecule has 1 atom stereocenters. The molecule has 2 N–H and O–H groups in total. The van der Waals surface area contributed by atoms with Crippen LogP contribution in [-0.2, 0) is 12.8 Å². The molecule has 0 fully saturated rings. The standard InChI is InChI=1S/C21H27N3O2/c1-26-20-13-9-16(15-23-20)8-12-19(25)7-3-2-6-18-11-10-17-5-4-14-22-21(17)24-18/h8-13,15,19,25H,2-7,14H2,1H3,(H,22,24)/b12-8+/t19-/m1/s1. The third-order valence-corrected chi connectivity index (χ3v) is 4.61. The molecule has 5 heteroatoms. The van der Waals surface area contributed by atoms with Crippen LogP contribution in [0.4, 0.5) is 5.82 Å². The molecule has 0 radical (unpaired) electrons. The van der Waals surface area contributed by atoms with Gasteiger partial charge in [-0.2, -0.15) is 0 Å². The number of aliphatic hydroxyl groups excluding tert-OH is 1. The average Bonchev–Trinajstić information content (AvgIpc) is 2.70. The number of pyridine rings is 2. The first-order valence-corrected chi connectivity index (χ1v) is 9.33. The lowest BCUT2D eigenvalue weighted by molar-refractivity contribution is 0.209. The van der Waals surface area contributed by atoms with Crippen molar-refractivity contribution in [2.75, 3.05) is 19.0 Å². The summed E-state index contributed by atoms with van der Waals surface area (Å²) in [6.07, 6.45) is 11.0. The Kier molecular flexibility index (Phi) is 6.61. The Morgan fingerprint density at radius 1 is 1.27 bits per heavy atom. The second-order valence-electron chi connectivity index (χ2n) is 6.65. The van der Waals surface area contributed by atoms with Gasteiger partial charge in [0.2, 0.25) is 5.88 Å². The third kappa shape index (κ3) is 5.30. The van der Waals surface area contributed by atoms with Crippen molar-refractivity contribution >= 4 is 11.9 Å². The van der Waals surface area contributed by atoms with E-state index >= 15 is 0 Å². The summed E-state index contributed by atoms with van der Waals surface area (Å²) < 4.78 is 5.03. The Hall–Kier alpha value is -2.40. The fourth-order valence-corrected chi connectivity index (χ4v) is 3.10. The molecule has 1 aliphatic heterocycles. The van der Waals surface area contributed by atoms with E-state index in [9.17, 15) is 5.11 Å². The number of nitrogens with one attached hydrogen (secondary N) is 1. The van der Waals surface area contributed by atoms with Crippen LogP contribution in [0, 0.1) is 0 Å². The van der Waals surface area contributed by atoms with Gasteiger partial charge in [0, 0.05) is 24.5 Å². The summed E-state index contributed by atoms with van der Waals surface area (Å²) in [6.45, 7) is 1.02. The maximum absolute atomic E-state index is 10.1. The van der Waals surface area contributed by atoms with E-state index in [0.717, 1.165) is 55.7 Å². The number of rotatable bonds is 8. The molecule has 0 aliphatic carbocycles. The first-order chi connectivity index (χ1) is 12.7. The van der Waals surface area contributed by atoms with E-state index < -0.39 is 6.10 Å². The Bertz CT molecular complexity index is 729. The van der Waals surface area contributed by atoms with E-state index in [1.807, 2.05) is 24.3 Å². The van der Waals surface area contributed by atoms with Gasteiger partial charge in [0.15, 0.2) is 0 Å². The van der Waals surface area contributed by atoms with Crippen LogP contribution in [0.15, 0.2) is 36.5 Å². The van der Waals surface area contributed by atoms with Crippen LogP contribution in [0.2, 0.25) is 0 Å². The Morgan fingerprint density at radius 2 is 2.19 bits per heavy atom. The molecule has 0 saturated heterocycles. The molecule has 0 saturated carbocycles. The normalized spacial score (nSPS) is 14.7. The molecular formula is C21H27N3O2. The molecule has 3 rings (SSSR count). The first-order valence-electron chi connectivity index (χ1n) is 9.33. The monoisotopic (exact) mass is 353 g/mol. The van der Waals surface area contributed by atoms with E-state index in [2.05, 4.69) is 22.4 Å². The van der Waals surface area contributed by atoms with Crippen LogP contribution in [0.3, 0.4) is 0 Å². The average molecular weight is 353 g/mol. The number of nitrogens with zero attached hydrogens (tertiary/aromatic N) is 2. The summed E-state index contributed by atoms with van der Waals surface area (Å²) in [5.74, 6) is 1.65. The van der Waals surface area contributed by atoms with E-state index in [1.165, 1.54) is 12.0 Å². The molecule has 2 aromatic heterocycles. The number of ether oxygens (including phenoxy) is 1. The van der Waals surface area contributed by atoms with Gasteiger partial charge in [-0.25, -0.2) is 9.97 Å². The fraction of sp³-hybridized carbons (Fsp3) is 0.429. The first kappa shape index (κ1) is 18.4. The summed E-state index contributed by atoms with van der Waals surface area (Å²) in [5.41, 5.74) is 3.41. The number of hydrogen-bond acceptors (Lipinski definition) is 5. The van der Waals surface area contributed by atoms with Gasteiger partial charge in [0.05, 0.1) is 13.2 Å². The van der Waals surface area contributed by atoms with Gasteiger partial charge in [0.1, 0.15) is 5.82 Å². The molecular weight excluding hydrogens is 326 g/mol. The van der Waals surface area contributed by atoms with Crippen molar-refractivity contribution in [2.45, 2.75) is 44.6 Å². The van der Waals surface area contributed by atoms with Gasteiger partial charge in [-0.15, -0.1) is 0 Å². The highest BCUT2D eigenvalue weighted by Crippen LogP contribution is 2.20. The maximum atomic E-state index is 10.1. The predicted molar refractivity (Wildman–Crippen MR) is 104 cm³/mol. The SMILES string of the molecule is COc1ccc(/C=C/[C@H](O)CCCCc2ccc3c(n2)NCCC3)cn1. The van der Waals surface area contributed by atoms with Crippen molar-refractivity contribution in [2.24, 2.45) is 0 Å². The van der Waals surface area contributed by atoms with Crippen molar-refractivity contribution in [3.63, 3.8) is 0 Å². The van der Waals surface area contributed by atoms with Crippen LogP contribution in [0.5, 0.6) is 5.88 Å². The number of methoxy groups -OCH3 is 1. The zero-order chi connectivity index (χ0) is 18.2. The fourth-order valence-electron chi connectivity index (χ4n) is 3.10. The number of aliphatic hydroxyl groups is 1. The minimum Gasteiger partial charge on any atom is -0.481 e. The lowest BCUT2D eigenvalue weighted by atomic mass is 10.0. The van der Waals surface area contributed by atoms with Crippen LogP contribution >= 0.6 is 0 Å². The third-order valence-electron chi connectivity index (χ3n) is 4.61. The predicted octanol–water partition coefficient (Wildman–Crippen LogP) is 3.63. The Morgan fingerprint density at radius 3 is 3.00 bits per heavy atom. The molecule has 0 aromatic carbocycles. The highest BCUT2D eigenvalue weighted by molar-refractivity contribution is 5.49. The number of fused-ring (bicyclic) bond motifs is 1. The lowest BCUT2D eigenvalue weighted by Gasteiger charge is -2.17. The molecule has 5 nitrogen and oxygen atoms in total. The maximum Gasteiger partial charge on any atom is 0.212 e. The van der Waals surface area contributed by atoms with E-state index in [1.54, 1.807) is 13.3 Å². The van der Waals surface area contributed by atoms with Gasteiger partial charge < -0.3 is 15.2 Å². The molecule has 0 bridgehead atoms. The topological polar surface area (TPSA) is 67.3 Å². The minimum atomic E-state index is -0.435. The number of unbranched alkanes of at least 4 members (excludes halogenated alkanes) is 1. The van der Waals surface area contributed by atoms with Gasteiger partial charge in [0.25, 0.3) is 0 Å². The lowest BCUT2D eigenvalue weighted by Crippen LogP contribution is -2.14. The van der Waals surface area contributed by atoms with Gasteiger partial charge in [-0.1, -0.05) is 24.6 Å². The number of aryl methyl sites for hydroxylation is 2. The second kappa shape index (κ2) is 9.34. The summed E-state index contributed by atoms with van der Waals surface area (Å²) in [5, 5.41) is 13.5. The Balaban J connectivity index is 1.39. The van der Waals surface area contributed by atoms with Crippen molar-refractivity contribution in [1.82, 2.24) is 9.97 Å². The molecule has 138 valence electrons. The van der Waals surface area contributed by atoms with Crippen molar-refractivity contribution in [3.8, 4) is 5.88 Å². The molecule has 2 aromatic rings. The zero-order valence-corrected chi connectivity index (χ0v) is 15.3. The summed E-state index contributed by atoms with van der Waals surface area (Å²) in [6, 6.07) is 8.07. The summed E-state index contributed by atoms with van der Waals surface area (Å²) >= 11 is 0. The second-order valence-corrected chi connectivity index (χ2v) is 6.65. The van der Waals surface area contributed by atoms with Crippen LogP contribution in [-0.4, -0.2) is 34.8 Å². The summed E-state index contributed by atoms with van der Waals surface area (Å²) in [4.78, 5) is 8.86. The molecule has 26 heavy (non-hydrogen) atoms. The van der Waals surface area contributed by atoms with Gasteiger partial charge in [-0.05, 0) is 55.4 Å². The molecule has 1 aliphatic rings. The smallest absolute Gasteiger partial charge is 0.212 e. The van der Waals surface area contributed by atoms with Crippen molar-refractivity contribution < 1.29 is 9.84 Å². The number of anilines is 1. The highest BCUT2D eigenvalue weighted by atomic mass is 16.5. The molecule has 0 spiro atoms. The van der Waals surface area contributed by atoms with E-state index in [-0.39, 0.29) is 0 Å². The van der Waals surface area contributed by atoms with Gasteiger partial charge >= 0.3 is 0 Å². The zero-order valence-electron chi connectivity index (χ0n) is 15.3. The highest BCUT2D eigenvalue weighted by Gasteiger charge is 2.10. The minimum absolute atomic E-state index is 0.435. The Labute approximate surface area is 155 Å². The largest absolute Gasteiger partial charge is 0.481 e. The number of hydrogen-bond donors (Lipinski definition) is 2. The molecule has 3 heterocycles. The van der Waals surface area contributed by atoms with Crippen LogP contribution < -0.4 is 10.1 Å². The number of aromatic nitrogens is 2.